The number of amides is 1. The van der Waals surface area contributed by atoms with Gasteiger partial charge in [-0.3, -0.25) is 9.69 Å². The van der Waals surface area contributed by atoms with Crippen molar-refractivity contribution in [1.82, 2.24) is 0 Å². The number of β-lactam (4-membered cyclic amide) rings is 1. The van der Waals surface area contributed by atoms with Crippen LogP contribution in [0.15, 0.2) is 42.5 Å². The molecular formula is C16H17NO3. The quantitative estimate of drug-likeness (QED) is 0.624. The van der Waals surface area contributed by atoms with Gasteiger partial charge in [-0.05, 0) is 24.6 Å². The van der Waals surface area contributed by atoms with Gasteiger partial charge in [-0.25, -0.2) is 4.79 Å². The minimum Gasteiger partial charge on any atom is -0.431 e. The van der Waals surface area contributed by atoms with Crippen molar-refractivity contribution in [2.24, 2.45) is 5.92 Å². The molecule has 3 rings (SSSR count). The Morgan fingerprint density at radius 1 is 1.25 bits per heavy atom. The number of hydrogen-bond acceptors (Lipinski definition) is 3. The van der Waals surface area contributed by atoms with Gasteiger partial charge in [0.1, 0.15) is 5.92 Å². The van der Waals surface area contributed by atoms with Crippen molar-refractivity contribution < 1.29 is 14.3 Å². The standard InChI is InChI=1S/C16H17NO3/c1-2-3-9-13-15(19)17(12-7-5-4-6-8-12)16(13)11-10-14(18)20-16/h4-8,10-11,13H,2-3,9H2,1H3/t13-,16+/m1/s1. The Balaban J connectivity index is 1.93. The van der Waals surface area contributed by atoms with E-state index in [1.54, 1.807) is 11.0 Å². The van der Waals surface area contributed by atoms with Crippen LogP contribution in [0.25, 0.3) is 0 Å². The average molecular weight is 271 g/mol. The molecule has 1 aromatic carbocycles. The molecule has 0 saturated carbocycles. The summed E-state index contributed by atoms with van der Waals surface area (Å²) in [5, 5.41) is 0. The predicted molar refractivity (Wildman–Crippen MR) is 74.9 cm³/mol. The van der Waals surface area contributed by atoms with Gasteiger partial charge in [-0.15, -0.1) is 0 Å². The van der Waals surface area contributed by atoms with Crippen LogP contribution in [0.1, 0.15) is 26.2 Å². The SMILES string of the molecule is CCCC[C@@H]1C(=O)N(c2ccccc2)[C@]12C=CC(=O)O2. The molecule has 0 bridgehead atoms. The van der Waals surface area contributed by atoms with Crippen LogP contribution in [0.4, 0.5) is 5.69 Å². The third-order valence-corrected chi connectivity index (χ3v) is 3.95. The Morgan fingerprint density at radius 3 is 2.60 bits per heavy atom. The van der Waals surface area contributed by atoms with E-state index in [4.69, 9.17) is 4.74 Å². The maximum Gasteiger partial charge on any atom is 0.333 e. The Kier molecular flexibility index (Phi) is 3.08. The second-order valence-corrected chi connectivity index (χ2v) is 5.21. The molecule has 4 heteroatoms. The van der Waals surface area contributed by atoms with Crippen molar-refractivity contribution in [3.63, 3.8) is 0 Å². The fourth-order valence-electron chi connectivity index (χ4n) is 2.96. The molecule has 1 fully saturated rings. The van der Waals surface area contributed by atoms with Crippen LogP contribution >= 0.6 is 0 Å². The van der Waals surface area contributed by atoms with Crippen molar-refractivity contribution >= 4 is 17.6 Å². The lowest BCUT2D eigenvalue weighted by Gasteiger charge is -2.52. The number of ether oxygens (including phenoxy) is 1. The zero-order chi connectivity index (χ0) is 14.2. The molecule has 0 aliphatic carbocycles. The normalized spacial score (nSPS) is 27.9. The van der Waals surface area contributed by atoms with E-state index in [1.165, 1.54) is 6.08 Å². The molecule has 2 atom stereocenters. The molecule has 1 spiro atoms. The Morgan fingerprint density at radius 2 is 2.00 bits per heavy atom. The van der Waals surface area contributed by atoms with E-state index in [-0.39, 0.29) is 17.8 Å². The van der Waals surface area contributed by atoms with Gasteiger partial charge in [0.2, 0.25) is 11.6 Å². The van der Waals surface area contributed by atoms with Gasteiger partial charge in [-0.2, -0.15) is 0 Å². The molecule has 0 N–H and O–H groups in total. The summed E-state index contributed by atoms with van der Waals surface area (Å²) in [6, 6.07) is 9.35. The number of rotatable bonds is 4. The molecule has 20 heavy (non-hydrogen) atoms. The molecule has 0 radical (unpaired) electrons. The molecule has 4 nitrogen and oxygen atoms in total. The smallest absolute Gasteiger partial charge is 0.333 e. The molecular weight excluding hydrogens is 254 g/mol. The number of anilines is 1. The van der Waals surface area contributed by atoms with Gasteiger partial charge in [0, 0.05) is 11.8 Å². The Bertz CT molecular complexity index is 566. The minimum absolute atomic E-state index is 0.0315. The highest BCUT2D eigenvalue weighted by molar-refractivity contribution is 6.07. The third-order valence-electron chi connectivity index (χ3n) is 3.95. The monoisotopic (exact) mass is 271 g/mol. The van der Waals surface area contributed by atoms with Gasteiger partial charge in [0.15, 0.2) is 0 Å². The van der Waals surface area contributed by atoms with Crippen molar-refractivity contribution in [2.75, 3.05) is 4.90 Å². The number of esters is 1. The lowest BCUT2D eigenvalue weighted by atomic mass is 9.79. The summed E-state index contributed by atoms with van der Waals surface area (Å²) in [4.78, 5) is 25.5. The van der Waals surface area contributed by atoms with E-state index in [0.717, 1.165) is 24.9 Å². The van der Waals surface area contributed by atoms with Gasteiger partial charge in [-0.1, -0.05) is 38.0 Å². The summed E-state index contributed by atoms with van der Waals surface area (Å²) in [5.41, 5.74) is -0.130. The van der Waals surface area contributed by atoms with Crippen LogP contribution in [0.5, 0.6) is 0 Å². The summed E-state index contributed by atoms with van der Waals surface area (Å²) >= 11 is 0. The Labute approximate surface area is 118 Å². The fourth-order valence-corrected chi connectivity index (χ4v) is 2.96. The third kappa shape index (κ3) is 1.75. The average Bonchev–Trinajstić information content (AvgIpc) is 2.85. The molecule has 1 saturated heterocycles. The van der Waals surface area contributed by atoms with E-state index in [9.17, 15) is 9.59 Å². The largest absolute Gasteiger partial charge is 0.431 e. The summed E-state index contributed by atoms with van der Waals surface area (Å²) in [6.45, 7) is 2.08. The molecule has 2 aliphatic heterocycles. The van der Waals surface area contributed by atoms with Crippen LogP contribution in [-0.2, 0) is 14.3 Å². The number of unbranched alkanes of at least 4 members (excludes halogenated alkanes) is 1. The molecule has 0 unspecified atom stereocenters. The number of hydrogen-bond donors (Lipinski definition) is 0. The first-order chi connectivity index (χ1) is 9.69. The van der Waals surface area contributed by atoms with E-state index >= 15 is 0 Å². The number of nitrogens with zero attached hydrogens (tertiary/aromatic N) is 1. The highest BCUT2D eigenvalue weighted by Crippen LogP contribution is 2.47. The molecule has 1 amide bonds. The van der Waals surface area contributed by atoms with E-state index in [0.29, 0.717) is 0 Å². The fraction of sp³-hybridized carbons (Fsp3) is 0.375. The molecule has 1 aromatic rings. The van der Waals surface area contributed by atoms with Gasteiger partial charge in [0.25, 0.3) is 0 Å². The van der Waals surface area contributed by atoms with E-state index < -0.39 is 5.72 Å². The topological polar surface area (TPSA) is 46.6 Å². The number of benzene rings is 1. The van der Waals surface area contributed by atoms with Crippen molar-refractivity contribution in [2.45, 2.75) is 31.9 Å². The van der Waals surface area contributed by atoms with Crippen molar-refractivity contribution in [3.05, 3.63) is 42.5 Å². The predicted octanol–water partition coefficient (Wildman–Crippen LogP) is 2.65. The maximum atomic E-state index is 12.4. The Hall–Kier alpha value is -2.10. The number of carbonyl (C=O) groups excluding carboxylic acids is 2. The van der Waals surface area contributed by atoms with Gasteiger partial charge < -0.3 is 4.74 Å². The summed E-state index contributed by atoms with van der Waals surface area (Å²) < 4.78 is 5.49. The maximum absolute atomic E-state index is 12.4. The molecule has 2 heterocycles. The zero-order valence-corrected chi connectivity index (χ0v) is 11.4. The first kappa shape index (κ1) is 12.9. The molecule has 2 aliphatic rings. The molecule has 0 aromatic heterocycles. The first-order valence-corrected chi connectivity index (χ1v) is 7.00. The lowest BCUT2D eigenvalue weighted by molar-refractivity contribution is -0.167. The minimum atomic E-state index is -0.898. The van der Waals surface area contributed by atoms with E-state index in [1.807, 2.05) is 30.3 Å². The highest BCUT2D eigenvalue weighted by atomic mass is 16.6. The summed E-state index contributed by atoms with van der Waals surface area (Å²) in [5.74, 6) is -0.603. The zero-order valence-electron chi connectivity index (χ0n) is 11.4. The van der Waals surface area contributed by atoms with Crippen molar-refractivity contribution in [3.8, 4) is 0 Å². The van der Waals surface area contributed by atoms with Crippen LogP contribution in [0.3, 0.4) is 0 Å². The summed E-state index contributed by atoms with van der Waals surface area (Å²) in [7, 11) is 0. The first-order valence-electron chi connectivity index (χ1n) is 7.00. The van der Waals surface area contributed by atoms with Gasteiger partial charge in [0.05, 0.1) is 0 Å². The van der Waals surface area contributed by atoms with Crippen LogP contribution in [0, 0.1) is 5.92 Å². The van der Waals surface area contributed by atoms with Gasteiger partial charge >= 0.3 is 5.97 Å². The van der Waals surface area contributed by atoms with Crippen molar-refractivity contribution in [1.29, 1.82) is 0 Å². The van der Waals surface area contributed by atoms with Crippen LogP contribution in [-0.4, -0.2) is 17.6 Å². The van der Waals surface area contributed by atoms with Crippen LogP contribution < -0.4 is 4.90 Å². The molecule has 104 valence electrons. The number of para-hydroxylation sites is 1. The second-order valence-electron chi connectivity index (χ2n) is 5.21. The second kappa shape index (κ2) is 4.78. The van der Waals surface area contributed by atoms with Crippen LogP contribution in [0.2, 0.25) is 0 Å². The van der Waals surface area contributed by atoms with E-state index in [2.05, 4.69) is 6.92 Å². The lowest BCUT2D eigenvalue weighted by Crippen LogP contribution is -2.71. The summed E-state index contributed by atoms with van der Waals surface area (Å²) in [6.07, 6.45) is 5.86. The highest BCUT2D eigenvalue weighted by Gasteiger charge is 2.63. The number of carbonyl (C=O) groups is 2.